The third-order valence-electron chi connectivity index (χ3n) is 4.75. The largest absolute Gasteiger partial charge is 0.497 e. The van der Waals surface area contributed by atoms with E-state index in [-0.39, 0.29) is 12.5 Å². The molecule has 0 spiro atoms. The van der Waals surface area contributed by atoms with Crippen molar-refractivity contribution in [1.29, 1.82) is 0 Å². The molecule has 0 aliphatic heterocycles. The van der Waals surface area contributed by atoms with Crippen molar-refractivity contribution in [3.63, 3.8) is 0 Å². The Hall–Kier alpha value is -2.41. The maximum Gasteiger partial charge on any atom is 0.248 e. The fourth-order valence-corrected chi connectivity index (χ4v) is 4.38. The third-order valence-corrected chi connectivity index (χ3v) is 5.84. The first kappa shape index (κ1) is 20.3. The van der Waals surface area contributed by atoms with Crippen LogP contribution in [0.1, 0.15) is 41.8 Å². The maximum absolute atomic E-state index is 11.4. The van der Waals surface area contributed by atoms with Gasteiger partial charge in [-0.1, -0.05) is 37.6 Å². The summed E-state index contributed by atoms with van der Waals surface area (Å²) >= 11 is 1.60. The Morgan fingerprint density at radius 1 is 1.18 bits per heavy atom. The molecule has 3 rings (SSSR count). The zero-order valence-corrected chi connectivity index (χ0v) is 17.0. The molecule has 3 aromatic rings. The van der Waals surface area contributed by atoms with Crippen LogP contribution in [-0.2, 0) is 17.8 Å². The van der Waals surface area contributed by atoms with Gasteiger partial charge in [0.2, 0.25) is 5.91 Å². The fraction of sp³-hybridized carbons (Fsp3) is 0.318. The third kappa shape index (κ3) is 5.10. The van der Waals surface area contributed by atoms with Gasteiger partial charge in [0.1, 0.15) is 5.75 Å². The smallest absolute Gasteiger partial charge is 0.248 e. The number of hydrogen-bond acceptors (Lipinski definition) is 5. The number of hydroxylamine groups is 1. The van der Waals surface area contributed by atoms with Gasteiger partial charge in [-0.3, -0.25) is 10.0 Å². The predicted octanol–water partition coefficient (Wildman–Crippen LogP) is 4.59. The van der Waals surface area contributed by atoms with Crippen LogP contribution in [0, 0.1) is 0 Å². The van der Waals surface area contributed by atoms with Crippen LogP contribution in [-0.4, -0.2) is 18.2 Å². The second kappa shape index (κ2) is 9.68. The minimum absolute atomic E-state index is 0.194. The number of nitrogens with one attached hydrogen (secondary N) is 2. The van der Waals surface area contributed by atoms with E-state index >= 15 is 0 Å². The zero-order valence-electron chi connectivity index (χ0n) is 16.2. The molecule has 0 fully saturated rings. The Balaban J connectivity index is 1.74. The summed E-state index contributed by atoms with van der Waals surface area (Å²) in [5, 5.41) is 13.5. The highest BCUT2D eigenvalue weighted by Gasteiger charge is 2.13. The zero-order chi connectivity index (χ0) is 19.9. The average molecular weight is 399 g/mol. The van der Waals surface area contributed by atoms with Gasteiger partial charge in [-0.05, 0) is 47.2 Å². The molecule has 1 heterocycles. The lowest BCUT2D eigenvalue weighted by molar-refractivity contribution is -0.128. The lowest BCUT2D eigenvalue weighted by Gasteiger charge is -2.19. The number of methoxy groups -OCH3 is 1. The Labute approximate surface area is 169 Å². The summed E-state index contributed by atoms with van der Waals surface area (Å²) in [6, 6.07) is 16.9. The van der Waals surface area contributed by atoms with E-state index in [1.54, 1.807) is 23.9 Å². The highest BCUT2D eigenvalue weighted by molar-refractivity contribution is 7.19. The number of fused-ring (bicyclic) bond motifs is 1. The van der Waals surface area contributed by atoms with E-state index in [4.69, 9.17) is 9.94 Å². The number of hydrogen-bond donors (Lipinski definition) is 3. The Bertz CT molecular complexity index is 921. The molecule has 1 unspecified atom stereocenters. The fourth-order valence-electron chi connectivity index (χ4n) is 3.26. The highest BCUT2D eigenvalue weighted by Crippen LogP contribution is 2.30. The molecule has 0 bridgehead atoms. The van der Waals surface area contributed by atoms with Gasteiger partial charge in [0.15, 0.2) is 0 Å². The summed E-state index contributed by atoms with van der Waals surface area (Å²) in [4.78, 5) is 12.3. The van der Waals surface area contributed by atoms with Crippen LogP contribution >= 0.6 is 11.3 Å². The predicted molar refractivity (Wildman–Crippen MR) is 113 cm³/mol. The molecule has 0 aliphatic carbocycles. The van der Waals surface area contributed by atoms with Gasteiger partial charge in [-0.2, -0.15) is 0 Å². The van der Waals surface area contributed by atoms with Crippen LogP contribution in [0.2, 0.25) is 0 Å². The average Bonchev–Trinajstić information content (AvgIpc) is 3.12. The molecular formula is C22H26N2O3S. The molecule has 0 radical (unpaired) electrons. The number of ether oxygens (including phenoxy) is 1. The minimum atomic E-state index is -0.392. The molecular weight excluding hydrogens is 372 g/mol. The van der Waals surface area contributed by atoms with E-state index in [1.165, 1.54) is 11.1 Å². The summed E-state index contributed by atoms with van der Waals surface area (Å²) in [5.74, 6) is 0.472. The van der Waals surface area contributed by atoms with E-state index < -0.39 is 5.91 Å². The quantitative estimate of drug-likeness (QED) is 0.364. The number of amides is 1. The number of benzene rings is 2. The van der Waals surface area contributed by atoms with Crippen LogP contribution in [0.4, 0.5) is 0 Å². The van der Waals surface area contributed by atoms with E-state index in [1.807, 2.05) is 18.2 Å². The van der Waals surface area contributed by atoms with E-state index in [0.717, 1.165) is 40.1 Å². The Morgan fingerprint density at radius 2 is 1.96 bits per heavy atom. The van der Waals surface area contributed by atoms with Gasteiger partial charge in [0.05, 0.1) is 13.5 Å². The lowest BCUT2D eigenvalue weighted by Crippen LogP contribution is -2.20. The molecule has 2 aromatic carbocycles. The van der Waals surface area contributed by atoms with Crippen molar-refractivity contribution in [3.8, 4) is 5.75 Å². The molecule has 5 nitrogen and oxygen atoms in total. The van der Waals surface area contributed by atoms with E-state index in [2.05, 4.69) is 42.6 Å². The SMILES string of the molecule is CCCC(NCc1ccc(OC)cc1)c1ccc2cc(CC(=O)NO)sc2c1. The second-order valence-electron chi connectivity index (χ2n) is 6.79. The number of rotatable bonds is 9. The maximum atomic E-state index is 11.4. The summed E-state index contributed by atoms with van der Waals surface area (Å²) in [5.41, 5.74) is 4.17. The van der Waals surface area contributed by atoms with Crippen molar-refractivity contribution in [3.05, 3.63) is 64.5 Å². The number of thiophene rings is 1. The Morgan fingerprint density at radius 3 is 2.64 bits per heavy atom. The van der Waals surface area contributed by atoms with Gasteiger partial charge < -0.3 is 10.1 Å². The van der Waals surface area contributed by atoms with Crippen LogP contribution in [0.25, 0.3) is 10.1 Å². The molecule has 28 heavy (non-hydrogen) atoms. The summed E-state index contributed by atoms with van der Waals surface area (Å²) in [6.07, 6.45) is 2.33. The van der Waals surface area contributed by atoms with E-state index in [0.29, 0.717) is 0 Å². The first-order valence-electron chi connectivity index (χ1n) is 9.44. The van der Waals surface area contributed by atoms with E-state index in [9.17, 15) is 4.79 Å². The first-order chi connectivity index (χ1) is 13.6. The molecule has 1 aromatic heterocycles. The monoisotopic (exact) mass is 398 g/mol. The molecule has 0 saturated heterocycles. The van der Waals surface area contributed by atoms with Gasteiger partial charge in [-0.25, -0.2) is 5.48 Å². The first-order valence-corrected chi connectivity index (χ1v) is 10.3. The molecule has 6 heteroatoms. The van der Waals surface area contributed by atoms with Crippen molar-refractivity contribution in [2.75, 3.05) is 7.11 Å². The number of carbonyl (C=O) groups is 1. The van der Waals surface area contributed by atoms with Gasteiger partial charge in [0, 0.05) is 22.2 Å². The lowest BCUT2D eigenvalue weighted by atomic mass is 10.0. The van der Waals surface area contributed by atoms with Crippen molar-refractivity contribution in [2.45, 2.75) is 38.8 Å². The highest BCUT2D eigenvalue weighted by atomic mass is 32.1. The topological polar surface area (TPSA) is 70.6 Å². The molecule has 1 amide bonds. The standard InChI is InChI=1S/C22H26N2O3S/c1-3-4-20(23-14-15-5-9-18(27-2)10-6-15)16-7-8-17-11-19(13-22(25)24-26)28-21(17)12-16/h5-12,20,23,26H,3-4,13-14H2,1-2H3,(H,24,25). The molecule has 148 valence electrons. The second-order valence-corrected chi connectivity index (χ2v) is 7.96. The van der Waals surface area contributed by atoms with Crippen LogP contribution in [0.5, 0.6) is 5.75 Å². The molecule has 0 saturated carbocycles. The normalized spacial score (nSPS) is 12.1. The minimum Gasteiger partial charge on any atom is -0.497 e. The van der Waals surface area contributed by atoms with Gasteiger partial charge in [0.25, 0.3) is 0 Å². The molecule has 3 N–H and O–H groups in total. The van der Waals surface area contributed by atoms with Gasteiger partial charge >= 0.3 is 0 Å². The van der Waals surface area contributed by atoms with Crippen LogP contribution in [0.3, 0.4) is 0 Å². The summed E-state index contributed by atoms with van der Waals surface area (Å²) in [7, 11) is 1.67. The van der Waals surface area contributed by atoms with Crippen LogP contribution in [0.15, 0.2) is 48.5 Å². The molecule has 0 aliphatic rings. The molecule has 1 atom stereocenters. The Kier molecular flexibility index (Phi) is 7.03. The summed E-state index contributed by atoms with van der Waals surface area (Å²) < 4.78 is 6.38. The van der Waals surface area contributed by atoms with Crippen molar-refractivity contribution in [2.24, 2.45) is 0 Å². The van der Waals surface area contributed by atoms with Crippen molar-refractivity contribution in [1.82, 2.24) is 10.8 Å². The summed E-state index contributed by atoms with van der Waals surface area (Å²) in [6.45, 7) is 2.98. The van der Waals surface area contributed by atoms with Gasteiger partial charge in [-0.15, -0.1) is 11.3 Å². The van der Waals surface area contributed by atoms with Crippen molar-refractivity contribution >= 4 is 27.3 Å². The number of carbonyl (C=O) groups excluding carboxylic acids is 1. The van der Waals surface area contributed by atoms with Crippen LogP contribution < -0.4 is 15.5 Å². The van der Waals surface area contributed by atoms with Crippen molar-refractivity contribution < 1.29 is 14.7 Å².